The quantitative estimate of drug-likeness (QED) is 0.823. The molecule has 2 atom stereocenters. The Morgan fingerprint density at radius 1 is 1.37 bits per heavy atom. The summed E-state index contributed by atoms with van der Waals surface area (Å²) in [5.41, 5.74) is 1.25. The third-order valence-corrected chi connectivity index (χ3v) is 5.19. The lowest BCUT2D eigenvalue weighted by Gasteiger charge is -2.28. The number of fused-ring (bicyclic) bond motifs is 1. The second-order valence-electron chi connectivity index (χ2n) is 5.70. The predicted molar refractivity (Wildman–Crippen MR) is 83.0 cm³/mol. The Hall–Kier alpha value is -0.170. The third kappa shape index (κ3) is 2.82. The van der Waals surface area contributed by atoms with Crippen LogP contribution in [0.5, 0.6) is 0 Å². The van der Waals surface area contributed by atoms with Crippen molar-refractivity contribution < 1.29 is 9.84 Å². The van der Waals surface area contributed by atoms with Crippen LogP contribution < -0.4 is 0 Å². The van der Waals surface area contributed by atoms with Crippen LogP contribution in [0.2, 0.25) is 0 Å². The summed E-state index contributed by atoms with van der Waals surface area (Å²) < 4.78 is 7.29. The number of halogens is 1. The number of hydrogen-bond donors (Lipinski definition) is 1. The van der Waals surface area contributed by atoms with Crippen molar-refractivity contribution in [1.29, 1.82) is 0 Å². The molecule has 2 fully saturated rings. The molecule has 2 aliphatic heterocycles. The molecule has 0 aliphatic carbocycles. The van der Waals surface area contributed by atoms with E-state index in [0.717, 1.165) is 25.9 Å². The summed E-state index contributed by atoms with van der Waals surface area (Å²) in [6.45, 7) is 3.04. The second-order valence-corrected chi connectivity index (χ2v) is 6.94. The van der Waals surface area contributed by atoms with Gasteiger partial charge >= 0.3 is 0 Å². The van der Waals surface area contributed by atoms with Gasteiger partial charge in [0.1, 0.15) is 0 Å². The smallest absolute Gasteiger partial charge is 0.0725 e. The molecule has 0 amide bonds. The second kappa shape index (κ2) is 5.68. The SMILES string of the molecule is OC[C@@]12CCCN1C[C@@H](OCc1ccc(I)cc1)C2. The molecule has 0 unspecified atom stereocenters. The van der Waals surface area contributed by atoms with Gasteiger partial charge in [0.15, 0.2) is 0 Å². The van der Waals surface area contributed by atoms with Gasteiger partial charge in [-0.3, -0.25) is 4.90 Å². The van der Waals surface area contributed by atoms with E-state index in [1.54, 1.807) is 0 Å². The molecular formula is C15H20INO2. The van der Waals surface area contributed by atoms with Crippen molar-refractivity contribution in [2.24, 2.45) is 0 Å². The number of nitrogens with zero attached hydrogens (tertiary/aromatic N) is 1. The molecule has 19 heavy (non-hydrogen) atoms. The van der Waals surface area contributed by atoms with Crippen LogP contribution in [0.25, 0.3) is 0 Å². The first-order chi connectivity index (χ1) is 9.22. The first kappa shape index (κ1) is 13.8. The van der Waals surface area contributed by atoms with E-state index < -0.39 is 0 Å². The number of aliphatic hydroxyl groups is 1. The van der Waals surface area contributed by atoms with Gasteiger partial charge in [0.25, 0.3) is 0 Å². The van der Waals surface area contributed by atoms with Crippen LogP contribution in [0, 0.1) is 3.57 Å². The van der Waals surface area contributed by atoms with E-state index in [2.05, 4.69) is 51.8 Å². The molecule has 2 heterocycles. The van der Waals surface area contributed by atoms with Gasteiger partial charge in [-0.15, -0.1) is 0 Å². The van der Waals surface area contributed by atoms with Crippen molar-refractivity contribution in [2.75, 3.05) is 19.7 Å². The van der Waals surface area contributed by atoms with Gasteiger partial charge in [-0.05, 0) is 66.1 Å². The highest BCUT2D eigenvalue weighted by molar-refractivity contribution is 14.1. The van der Waals surface area contributed by atoms with Crippen molar-refractivity contribution in [2.45, 2.75) is 37.5 Å². The molecule has 0 aromatic heterocycles. The summed E-state index contributed by atoms with van der Waals surface area (Å²) in [7, 11) is 0. The number of benzene rings is 1. The first-order valence-electron chi connectivity index (χ1n) is 6.94. The molecule has 0 saturated carbocycles. The molecular weight excluding hydrogens is 353 g/mol. The minimum absolute atomic E-state index is 0.0245. The average Bonchev–Trinajstić information content (AvgIpc) is 2.95. The Bertz CT molecular complexity index is 436. The predicted octanol–water partition coefficient (Wildman–Crippen LogP) is 2.41. The number of rotatable bonds is 4. The fourth-order valence-corrected chi connectivity index (χ4v) is 3.75. The zero-order valence-corrected chi connectivity index (χ0v) is 13.2. The number of hydrogen-bond acceptors (Lipinski definition) is 3. The van der Waals surface area contributed by atoms with Crippen LogP contribution in [-0.4, -0.2) is 41.3 Å². The number of aliphatic hydroxyl groups excluding tert-OH is 1. The number of ether oxygens (including phenoxy) is 1. The van der Waals surface area contributed by atoms with Crippen LogP contribution in [0.1, 0.15) is 24.8 Å². The molecule has 1 aromatic rings. The molecule has 3 rings (SSSR count). The Morgan fingerprint density at radius 2 is 2.16 bits per heavy atom. The highest BCUT2D eigenvalue weighted by atomic mass is 127. The lowest BCUT2D eigenvalue weighted by atomic mass is 9.94. The summed E-state index contributed by atoms with van der Waals surface area (Å²) in [4.78, 5) is 2.42. The fraction of sp³-hybridized carbons (Fsp3) is 0.600. The first-order valence-corrected chi connectivity index (χ1v) is 8.02. The van der Waals surface area contributed by atoms with Crippen molar-refractivity contribution in [1.82, 2.24) is 4.90 Å². The van der Waals surface area contributed by atoms with Gasteiger partial charge in [-0.25, -0.2) is 0 Å². The molecule has 4 heteroatoms. The maximum Gasteiger partial charge on any atom is 0.0725 e. The van der Waals surface area contributed by atoms with Crippen molar-refractivity contribution >= 4 is 22.6 Å². The summed E-state index contributed by atoms with van der Waals surface area (Å²) in [5.74, 6) is 0. The molecule has 0 spiro atoms. The Kier molecular flexibility index (Phi) is 4.12. The van der Waals surface area contributed by atoms with Gasteiger partial charge in [-0.2, -0.15) is 0 Å². The van der Waals surface area contributed by atoms with Gasteiger partial charge in [0.2, 0.25) is 0 Å². The van der Waals surface area contributed by atoms with Gasteiger partial charge < -0.3 is 9.84 Å². The van der Waals surface area contributed by atoms with E-state index in [1.165, 1.54) is 15.6 Å². The molecule has 1 aromatic carbocycles. The third-order valence-electron chi connectivity index (χ3n) is 4.47. The molecule has 2 saturated heterocycles. The Balaban J connectivity index is 1.56. The molecule has 2 aliphatic rings. The molecule has 1 N–H and O–H groups in total. The van der Waals surface area contributed by atoms with E-state index in [9.17, 15) is 5.11 Å². The standard InChI is InChI=1S/C15H20INO2/c16-13-4-2-12(3-5-13)10-19-14-8-15(11-18)6-1-7-17(15)9-14/h2-5,14,18H,1,6-11H2/t14-,15-/m0/s1. The van der Waals surface area contributed by atoms with E-state index in [4.69, 9.17) is 4.74 Å². The van der Waals surface area contributed by atoms with Crippen LogP contribution in [0.4, 0.5) is 0 Å². The van der Waals surface area contributed by atoms with E-state index >= 15 is 0 Å². The molecule has 104 valence electrons. The fourth-order valence-electron chi connectivity index (χ4n) is 3.39. The zero-order valence-electron chi connectivity index (χ0n) is 11.0. The lowest BCUT2D eigenvalue weighted by Crippen LogP contribution is -2.41. The maximum absolute atomic E-state index is 9.66. The van der Waals surface area contributed by atoms with Gasteiger partial charge in [0, 0.05) is 15.7 Å². The van der Waals surface area contributed by atoms with Gasteiger partial charge in [0.05, 0.1) is 19.3 Å². The largest absolute Gasteiger partial charge is 0.394 e. The topological polar surface area (TPSA) is 32.7 Å². The van der Waals surface area contributed by atoms with E-state index in [0.29, 0.717) is 6.61 Å². The van der Waals surface area contributed by atoms with Crippen LogP contribution >= 0.6 is 22.6 Å². The Morgan fingerprint density at radius 3 is 2.84 bits per heavy atom. The highest BCUT2D eigenvalue weighted by Crippen LogP contribution is 2.39. The minimum Gasteiger partial charge on any atom is -0.394 e. The average molecular weight is 373 g/mol. The van der Waals surface area contributed by atoms with Crippen LogP contribution in [0.15, 0.2) is 24.3 Å². The van der Waals surface area contributed by atoms with Crippen molar-refractivity contribution in [3.8, 4) is 0 Å². The lowest BCUT2D eigenvalue weighted by molar-refractivity contribution is 0.0437. The normalized spacial score (nSPS) is 30.7. The summed E-state index contributed by atoms with van der Waals surface area (Å²) >= 11 is 2.31. The van der Waals surface area contributed by atoms with E-state index in [1.807, 2.05) is 0 Å². The maximum atomic E-state index is 9.66. The molecule has 0 bridgehead atoms. The summed E-state index contributed by atoms with van der Waals surface area (Å²) in [6.07, 6.45) is 3.58. The molecule has 3 nitrogen and oxygen atoms in total. The van der Waals surface area contributed by atoms with Crippen LogP contribution in [-0.2, 0) is 11.3 Å². The summed E-state index contributed by atoms with van der Waals surface area (Å²) in [6, 6.07) is 8.47. The Labute approximate surface area is 128 Å². The minimum atomic E-state index is 0.0245. The highest BCUT2D eigenvalue weighted by Gasteiger charge is 2.48. The van der Waals surface area contributed by atoms with Gasteiger partial charge in [-0.1, -0.05) is 12.1 Å². The van der Waals surface area contributed by atoms with Crippen molar-refractivity contribution in [3.05, 3.63) is 33.4 Å². The summed E-state index contributed by atoms with van der Waals surface area (Å²) in [5, 5.41) is 9.66. The molecule has 0 radical (unpaired) electrons. The van der Waals surface area contributed by atoms with Crippen molar-refractivity contribution in [3.63, 3.8) is 0 Å². The monoisotopic (exact) mass is 373 g/mol. The zero-order chi connectivity index (χ0) is 13.3. The van der Waals surface area contributed by atoms with Crippen LogP contribution in [0.3, 0.4) is 0 Å². The van der Waals surface area contributed by atoms with E-state index in [-0.39, 0.29) is 18.2 Å².